The van der Waals surface area contributed by atoms with Crippen LogP contribution in [0.3, 0.4) is 0 Å². The Kier molecular flexibility index (Phi) is 6.53. The highest BCUT2D eigenvalue weighted by atomic mass is 16.2. The summed E-state index contributed by atoms with van der Waals surface area (Å²) < 4.78 is 0. The first kappa shape index (κ1) is 17.8. The quantitative estimate of drug-likeness (QED) is 0.140. The van der Waals surface area contributed by atoms with Gasteiger partial charge in [0.2, 0.25) is 11.8 Å². The van der Waals surface area contributed by atoms with Gasteiger partial charge in [0.05, 0.1) is 12.2 Å². The molecular weight excluding hydrogens is 272 g/mol. The summed E-state index contributed by atoms with van der Waals surface area (Å²) in [5.41, 5.74) is 10.9. The third-order valence-corrected chi connectivity index (χ3v) is 3.98. The van der Waals surface area contributed by atoms with Gasteiger partial charge in [-0.1, -0.05) is 13.3 Å². The highest BCUT2D eigenvalue weighted by molar-refractivity contribution is 5.86. The number of hydrazine groups is 1. The first-order valence-electron chi connectivity index (χ1n) is 7.37. The Labute approximate surface area is 125 Å². The zero-order chi connectivity index (χ0) is 16.0. The Bertz CT molecular complexity index is 376. The smallest absolute Gasteiger partial charge is 0.239 e. The number of hydrogen-bond acceptors (Lipinski definition) is 6. The van der Waals surface area contributed by atoms with E-state index in [0.29, 0.717) is 12.3 Å². The number of rotatable bonds is 10. The minimum Gasteiger partial charge on any atom is -0.368 e. The fourth-order valence-corrected chi connectivity index (χ4v) is 2.50. The van der Waals surface area contributed by atoms with Crippen molar-refractivity contribution in [3.05, 3.63) is 0 Å². The van der Waals surface area contributed by atoms with E-state index in [9.17, 15) is 9.59 Å². The summed E-state index contributed by atoms with van der Waals surface area (Å²) in [5.74, 6) is 5.36. The lowest BCUT2D eigenvalue weighted by atomic mass is 10.1. The molecule has 0 aromatic heterocycles. The molecule has 1 saturated carbocycles. The number of carbonyl (C=O) groups excluding carboxylic acids is 2. The van der Waals surface area contributed by atoms with Crippen LogP contribution in [-0.2, 0) is 9.59 Å². The number of carbonyl (C=O) groups is 2. The molecule has 8 heteroatoms. The molecule has 3 unspecified atom stereocenters. The molecule has 8 N–H and O–H groups in total. The molecule has 2 amide bonds. The van der Waals surface area contributed by atoms with Crippen LogP contribution in [0.15, 0.2) is 0 Å². The van der Waals surface area contributed by atoms with Gasteiger partial charge in [-0.25, -0.2) is 5.01 Å². The van der Waals surface area contributed by atoms with Gasteiger partial charge in [-0.15, -0.1) is 0 Å². The molecule has 0 aromatic rings. The normalized spacial score (nSPS) is 25.7. The number of nitrogens with one attached hydrogen (secondary N) is 2. The second-order valence-corrected chi connectivity index (χ2v) is 5.78. The Hall–Kier alpha value is -1.22. The lowest BCUT2D eigenvalue weighted by Crippen LogP contribution is -2.50. The van der Waals surface area contributed by atoms with Crippen LogP contribution >= 0.6 is 0 Å². The van der Waals surface area contributed by atoms with Crippen molar-refractivity contribution in [3.63, 3.8) is 0 Å². The fraction of sp³-hybridized carbons (Fsp3) is 0.846. The number of amides is 2. The third kappa shape index (κ3) is 5.58. The van der Waals surface area contributed by atoms with E-state index in [-0.39, 0.29) is 18.1 Å². The Morgan fingerprint density at radius 2 is 2.14 bits per heavy atom. The van der Waals surface area contributed by atoms with Crippen LogP contribution in [-0.4, -0.2) is 48.7 Å². The lowest BCUT2D eigenvalue weighted by molar-refractivity contribution is -0.128. The van der Waals surface area contributed by atoms with Crippen LogP contribution in [0.5, 0.6) is 0 Å². The molecule has 0 aromatic carbocycles. The molecule has 0 aliphatic heterocycles. The topological polar surface area (TPSA) is 139 Å². The van der Waals surface area contributed by atoms with Crippen LogP contribution in [0.2, 0.25) is 0 Å². The summed E-state index contributed by atoms with van der Waals surface area (Å²) in [7, 11) is 1.63. The monoisotopic (exact) mass is 300 g/mol. The van der Waals surface area contributed by atoms with Crippen LogP contribution in [0.25, 0.3) is 0 Å². The molecule has 0 saturated heterocycles. The van der Waals surface area contributed by atoms with Gasteiger partial charge in [-0.05, 0) is 31.7 Å². The highest BCUT2D eigenvalue weighted by Crippen LogP contribution is 2.40. The maximum Gasteiger partial charge on any atom is 0.239 e. The molecule has 3 atom stereocenters. The zero-order valence-corrected chi connectivity index (χ0v) is 12.9. The van der Waals surface area contributed by atoms with Crippen molar-refractivity contribution in [1.29, 1.82) is 0 Å². The molecular formula is C13H28N6O2. The van der Waals surface area contributed by atoms with E-state index in [1.54, 1.807) is 7.05 Å². The highest BCUT2D eigenvalue weighted by Gasteiger charge is 2.48. The first-order valence-corrected chi connectivity index (χ1v) is 7.37. The average molecular weight is 300 g/mol. The number of likely N-dealkylation sites (N-methyl/N-ethyl adjacent to an activating group) is 1. The maximum absolute atomic E-state index is 11.9. The van der Waals surface area contributed by atoms with Crippen LogP contribution < -0.4 is 27.9 Å². The second kappa shape index (κ2) is 7.69. The van der Waals surface area contributed by atoms with Crippen molar-refractivity contribution in [3.8, 4) is 0 Å². The van der Waals surface area contributed by atoms with Gasteiger partial charge in [-0.3, -0.25) is 20.7 Å². The van der Waals surface area contributed by atoms with Gasteiger partial charge in [-0.2, -0.15) is 0 Å². The van der Waals surface area contributed by atoms with Crippen LogP contribution in [0, 0.1) is 5.92 Å². The largest absolute Gasteiger partial charge is 0.368 e. The average Bonchev–Trinajstić information content (AvgIpc) is 3.06. The van der Waals surface area contributed by atoms with Gasteiger partial charge in [0.1, 0.15) is 6.04 Å². The zero-order valence-electron chi connectivity index (χ0n) is 12.9. The molecule has 0 spiro atoms. The second-order valence-electron chi connectivity index (χ2n) is 5.78. The minimum atomic E-state index is -0.576. The van der Waals surface area contributed by atoms with Gasteiger partial charge >= 0.3 is 0 Å². The van der Waals surface area contributed by atoms with E-state index in [1.807, 2.05) is 0 Å². The minimum absolute atomic E-state index is 0.175. The van der Waals surface area contributed by atoms with Gasteiger partial charge in [0.25, 0.3) is 0 Å². The molecule has 0 bridgehead atoms. The molecule has 8 nitrogen and oxygen atoms in total. The lowest BCUT2D eigenvalue weighted by Gasteiger charge is -2.23. The van der Waals surface area contributed by atoms with Crippen molar-refractivity contribution in [1.82, 2.24) is 15.6 Å². The molecule has 122 valence electrons. The summed E-state index contributed by atoms with van der Waals surface area (Å²) in [5, 5.41) is 7.15. The number of nitrogens with two attached hydrogens (primary N) is 3. The van der Waals surface area contributed by atoms with Gasteiger partial charge in [0.15, 0.2) is 0 Å². The Morgan fingerprint density at radius 1 is 1.48 bits per heavy atom. The third-order valence-electron chi connectivity index (χ3n) is 3.98. The molecule has 0 radical (unpaired) electrons. The van der Waals surface area contributed by atoms with Crippen LogP contribution in [0.1, 0.15) is 32.6 Å². The van der Waals surface area contributed by atoms with Crippen molar-refractivity contribution in [2.24, 2.45) is 23.2 Å². The van der Waals surface area contributed by atoms with E-state index in [1.165, 1.54) is 5.01 Å². The first-order chi connectivity index (χ1) is 9.80. The van der Waals surface area contributed by atoms with E-state index in [4.69, 9.17) is 17.3 Å². The van der Waals surface area contributed by atoms with E-state index < -0.39 is 11.9 Å². The number of primary amides is 1. The maximum atomic E-state index is 11.9. The van der Waals surface area contributed by atoms with Crippen molar-refractivity contribution in [2.45, 2.75) is 44.3 Å². The SMILES string of the molecule is CCC1CC1(N)NCCCC(C(=O)NCC(N)=O)N(C)N. The van der Waals surface area contributed by atoms with Crippen molar-refractivity contribution < 1.29 is 9.59 Å². The number of nitrogens with zero attached hydrogens (tertiary/aromatic N) is 1. The summed E-state index contributed by atoms with van der Waals surface area (Å²) in [6, 6.07) is -0.485. The predicted octanol–water partition coefficient (Wildman–Crippen LogP) is -1.78. The molecule has 1 rings (SSSR count). The Morgan fingerprint density at radius 3 is 2.62 bits per heavy atom. The summed E-state index contributed by atoms with van der Waals surface area (Å²) in [4.78, 5) is 22.6. The van der Waals surface area contributed by atoms with E-state index >= 15 is 0 Å². The van der Waals surface area contributed by atoms with E-state index in [0.717, 1.165) is 25.8 Å². The molecule has 1 aliphatic rings. The van der Waals surface area contributed by atoms with Gasteiger partial charge < -0.3 is 16.8 Å². The molecule has 1 fully saturated rings. The van der Waals surface area contributed by atoms with Crippen molar-refractivity contribution >= 4 is 11.8 Å². The predicted molar refractivity (Wildman–Crippen MR) is 80.5 cm³/mol. The van der Waals surface area contributed by atoms with E-state index in [2.05, 4.69) is 17.6 Å². The molecule has 21 heavy (non-hydrogen) atoms. The Balaban J connectivity index is 2.28. The van der Waals surface area contributed by atoms with Gasteiger partial charge in [0, 0.05) is 7.05 Å². The summed E-state index contributed by atoms with van der Waals surface area (Å²) in [6.07, 6.45) is 3.43. The number of hydrogen-bond donors (Lipinski definition) is 5. The van der Waals surface area contributed by atoms with Crippen LogP contribution in [0.4, 0.5) is 0 Å². The summed E-state index contributed by atoms with van der Waals surface area (Å²) >= 11 is 0. The van der Waals surface area contributed by atoms with Crippen molar-refractivity contribution in [2.75, 3.05) is 20.1 Å². The molecule has 1 aliphatic carbocycles. The standard InChI is InChI=1S/C13H28N6O2/c1-3-9-7-13(9,15)18-6-4-5-10(19(2)16)12(21)17-8-11(14)20/h9-10,18H,3-8,15-16H2,1-2H3,(H2,14,20)(H,17,21). The summed E-state index contributed by atoms with van der Waals surface area (Å²) in [6.45, 7) is 2.69. The fourth-order valence-electron chi connectivity index (χ4n) is 2.50. The molecule has 0 heterocycles.